The molecule has 1 amide bonds. The predicted octanol–water partition coefficient (Wildman–Crippen LogP) is 4.33. The molecular weight excluding hydrogens is 210 g/mol. The minimum Gasteiger partial charge on any atom is -0.329 e. The molecule has 0 saturated carbocycles. The van der Waals surface area contributed by atoms with Gasteiger partial charge in [0.25, 0.3) is 0 Å². The van der Waals surface area contributed by atoms with Crippen molar-refractivity contribution in [3.63, 3.8) is 0 Å². The summed E-state index contributed by atoms with van der Waals surface area (Å²) in [4.78, 5) is 10.8. The number of nitrogens with one attached hydrogen (secondary N) is 1. The Bertz CT molecular complexity index is 221. The van der Waals surface area contributed by atoms with Crippen molar-refractivity contribution in [2.75, 3.05) is 0 Å². The number of carbonyl (C=O) groups excluding carboxylic acids is 1. The summed E-state index contributed by atoms with van der Waals surface area (Å²) in [6, 6.07) is 0. The van der Waals surface area contributed by atoms with E-state index in [4.69, 9.17) is 0 Å². The number of amides is 1. The third-order valence-electron chi connectivity index (χ3n) is 2.75. The maximum atomic E-state index is 10.8. The number of hydrogen-bond donors (Lipinski definition) is 1. The normalized spacial score (nSPS) is 10.6. The summed E-state index contributed by atoms with van der Waals surface area (Å²) in [5, 5.41) is 2.62. The molecule has 98 valence electrons. The van der Waals surface area contributed by atoms with Crippen LogP contribution in [0.25, 0.3) is 0 Å². The monoisotopic (exact) mass is 237 g/mol. The van der Waals surface area contributed by atoms with Gasteiger partial charge < -0.3 is 5.32 Å². The molecule has 0 aromatic carbocycles. The Labute approximate surface area is 106 Å². The van der Waals surface area contributed by atoms with Crippen LogP contribution in [0.5, 0.6) is 0 Å². The molecule has 0 aliphatic rings. The molecule has 0 aromatic rings. The first-order valence-corrected chi connectivity index (χ1v) is 6.89. The first-order chi connectivity index (χ1) is 8.31. The van der Waals surface area contributed by atoms with Crippen LogP contribution in [0.15, 0.2) is 24.9 Å². The van der Waals surface area contributed by atoms with Crippen LogP contribution in [0, 0.1) is 0 Å². The van der Waals surface area contributed by atoms with Crippen molar-refractivity contribution in [2.45, 2.75) is 64.7 Å². The number of hydrogen-bond acceptors (Lipinski definition) is 1. The summed E-state index contributed by atoms with van der Waals surface area (Å²) in [7, 11) is 0. The van der Waals surface area contributed by atoms with Crippen LogP contribution in [0.1, 0.15) is 64.7 Å². The fourth-order valence-corrected chi connectivity index (χ4v) is 1.68. The van der Waals surface area contributed by atoms with Crippen molar-refractivity contribution in [1.29, 1.82) is 0 Å². The van der Waals surface area contributed by atoms with Gasteiger partial charge in [0.1, 0.15) is 0 Å². The fraction of sp³-hybridized carbons (Fsp3) is 0.667. The van der Waals surface area contributed by atoms with E-state index in [1.807, 2.05) is 6.08 Å². The van der Waals surface area contributed by atoms with Gasteiger partial charge in [-0.3, -0.25) is 4.79 Å². The van der Waals surface area contributed by atoms with Gasteiger partial charge in [0.15, 0.2) is 0 Å². The highest BCUT2D eigenvalue weighted by Gasteiger charge is 1.90. The molecule has 0 spiro atoms. The summed E-state index contributed by atoms with van der Waals surface area (Å²) >= 11 is 0. The highest BCUT2D eigenvalue weighted by Crippen LogP contribution is 2.09. The topological polar surface area (TPSA) is 29.1 Å². The molecule has 0 saturated heterocycles. The van der Waals surface area contributed by atoms with E-state index in [0.717, 1.165) is 6.42 Å². The van der Waals surface area contributed by atoms with Gasteiger partial charge in [-0.15, -0.1) is 0 Å². The molecule has 0 aliphatic heterocycles. The number of allylic oxidation sites excluding steroid dienone is 1. The smallest absolute Gasteiger partial charge is 0.247 e. The average Bonchev–Trinajstić information content (AvgIpc) is 2.35. The fourth-order valence-electron chi connectivity index (χ4n) is 1.68. The molecule has 0 unspecified atom stereocenters. The van der Waals surface area contributed by atoms with Crippen LogP contribution < -0.4 is 5.32 Å². The second-order valence-corrected chi connectivity index (χ2v) is 4.38. The second kappa shape index (κ2) is 13.0. The summed E-state index contributed by atoms with van der Waals surface area (Å²) in [5.74, 6) is -0.142. The lowest BCUT2D eigenvalue weighted by Crippen LogP contribution is -2.12. The second-order valence-electron chi connectivity index (χ2n) is 4.38. The van der Waals surface area contributed by atoms with E-state index in [9.17, 15) is 4.79 Å². The molecule has 0 bridgehead atoms. The van der Waals surface area contributed by atoms with Gasteiger partial charge in [0.2, 0.25) is 5.91 Å². The molecule has 0 atom stereocenters. The molecule has 0 fully saturated rings. The highest BCUT2D eigenvalue weighted by atomic mass is 16.1. The molecule has 2 nitrogen and oxygen atoms in total. The Morgan fingerprint density at radius 3 is 2.24 bits per heavy atom. The van der Waals surface area contributed by atoms with Crippen molar-refractivity contribution in [3.8, 4) is 0 Å². The molecule has 0 radical (unpaired) electrons. The summed E-state index contributed by atoms with van der Waals surface area (Å²) < 4.78 is 0. The van der Waals surface area contributed by atoms with Crippen molar-refractivity contribution in [3.05, 3.63) is 24.9 Å². The summed E-state index contributed by atoms with van der Waals surface area (Å²) in [6.45, 7) is 5.63. The van der Waals surface area contributed by atoms with Crippen LogP contribution >= 0.6 is 0 Å². The van der Waals surface area contributed by atoms with Gasteiger partial charge in [0, 0.05) is 6.20 Å². The zero-order valence-corrected chi connectivity index (χ0v) is 11.2. The van der Waals surface area contributed by atoms with E-state index in [2.05, 4.69) is 18.8 Å². The molecule has 0 rings (SSSR count). The first-order valence-electron chi connectivity index (χ1n) is 6.89. The van der Waals surface area contributed by atoms with Gasteiger partial charge in [-0.05, 0) is 18.9 Å². The Morgan fingerprint density at radius 1 is 1.06 bits per heavy atom. The van der Waals surface area contributed by atoms with E-state index >= 15 is 0 Å². The van der Waals surface area contributed by atoms with E-state index < -0.39 is 0 Å². The zero-order chi connectivity index (χ0) is 12.8. The lowest BCUT2D eigenvalue weighted by Gasteiger charge is -1.99. The maximum absolute atomic E-state index is 10.8. The van der Waals surface area contributed by atoms with Crippen molar-refractivity contribution < 1.29 is 4.79 Å². The zero-order valence-electron chi connectivity index (χ0n) is 11.2. The quantitative estimate of drug-likeness (QED) is 0.420. The minimum absolute atomic E-state index is 0.142. The van der Waals surface area contributed by atoms with Crippen LogP contribution in [0.4, 0.5) is 0 Å². The first kappa shape index (κ1) is 16.0. The van der Waals surface area contributed by atoms with E-state index in [-0.39, 0.29) is 5.91 Å². The van der Waals surface area contributed by atoms with Crippen LogP contribution in [-0.4, -0.2) is 5.91 Å². The molecule has 1 N–H and O–H groups in total. The third-order valence-corrected chi connectivity index (χ3v) is 2.75. The van der Waals surface area contributed by atoms with Crippen LogP contribution in [0.2, 0.25) is 0 Å². The SMILES string of the molecule is C=CC(=O)NC=CCCCCCCCCCC. The lowest BCUT2D eigenvalue weighted by atomic mass is 10.1. The molecular formula is C15H27NO. The number of carbonyl (C=O) groups is 1. The summed E-state index contributed by atoms with van der Waals surface area (Å²) in [5.41, 5.74) is 0. The number of rotatable bonds is 11. The van der Waals surface area contributed by atoms with E-state index in [1.54, 1.807) is 6.20 Å². The standard InChI is InChI=1S/C15H27NO/c1-3-5-6-7-8-9-10-11-12-13-14-16-15(17)4-2/h4,13-14H,2-3,5-12H2,1H3,(H,16,17). The Hall–Kier alpha value is -1.05. The van der Waals surface area contributed by atoms with Gasteiger partial charge in [0.05, 0.1) is 0 Å². The van der Waals surface area contributed by atoms with Crippen molar-refractivity contribution in [2.24, 2.45) is 0 Å². The lowest BCUT2D eigenvalue weighted by molar-refractivity contribution is -0.115. The molecule has 0 heterocycles. The predicted molar refractivity (Wildman–Crippen MR) is 74.7 cm³/mol. The van der Waals surface area contributed by atoms with Gasteiger partial charge in [-0.2, -0.15) is 0 Å². The Kier molecular flexibility index (Phi) is 12.2. The van der Waals surface area contributed by atoms with Crippen molar-refractivity contribution in [1.82, 2.24) is 5.32 Å². The van der Waals surface area contributed by atoms with Gasteiger partial charge >= 0.3 is 0 Å². The highest BCUT2D eigenvalue weighted by molar-refractivity contribution is 5.87. The van der Waals surface area contributed by atoms with Crippen molar-refractivity contribution >= 4 is 5.91 Å². The van der Waals surface area contributed by atoms with Gasteiger partial charge in [-0.25, -0.2) is 0 Å². The summed E-state index contributed by atoms with van der Waals surface area (Å²) in [6.07, 6.45) is 16.8. The molecule has 0 aromatic heterocycles. The molecule has 2 heteroatoms. The van der Waals surface area contributed by atoms with Crippen LogP contribution in [0.3, 0.4) is 0 Å². The molecule has 0 aliphatic carbocycles. The maximum Gasteiger partial charge on any atom is 0.247 e. The Morgan fingerprint density at radius 2 is 1.65 bits per heavy atom. The van der Waals surface area contributed by atoms with E-state index in [0.29, 0.717) is 0 Å². The Balaban J connectivity index is 3.12. The van der Waals surface area contributed by atoms with Crippen LogP contribution in [-0.2, 0) is 4.79 Å². The number of unbranched alkanes of at least 4 members (excludes halogenated alkanes) is 8. The van der Waals surface area contributed by atoms with E-state index in [1.165, 1.54) is 57.4 Å². The molecule has 17 heavy (non-hydrogen) atoms. The largest absolute Gasteiger partial charge is 0.329 e. The average molecular weight is 237 g/mol. The third kappa shape index (κ3) is 12.9. The minimum atomic E-state index is -0.142. The van der Waals surface area contributed by atoms with Gasteiger partial charge in [-0.1, -0.05) is 64.5 Å².